The second-order valence-electron chi connectivity index (χ2n) is 4.30. The van der Waals surface area contributed by atoms with E-state index >= 15 is 0 Å². The molecule has 3 rings (SSSR count). The van der Waals surface area contributed by atoms with Gasteiger partial charge in [-0.05, 0) is 24.8 Å². The Morgan fingerprint density at radius 3 is 2.83 bits per heavy atom. The first-order valence-corrected chi connectivity index (χ1v) is 5.83. The van der Waals surface area contributed by atoms with Crippen molar-refractivity contribution in [3.8, 4) is 17.1 Å². The van der Waals surface area contributed by atoms with Gasteiger partial charge in [0.05, 0.1) is 5.69 Å². The van der Waals surface area contributed by atoms with Crippen LogP contribution >= 0.6 is 0 Å². The maximum atomic E-state index is 12.6. The second-order valence-corrected chi connectivity index (χ2v) is 4.30. The monoisotopic (exact) mass is 245 g/mol. The average Bonchev–Trinajstić information content (AvgIpc) is 2.57. The predicted octanol–water partition coefficient (Wildman–Crippen LogP) is 2.48. The Kier molecular flexibility index (Phi) is 2.59. The van der Waals surface area contributed by atoms with Gasteiger partial charge in [-0.15, -0.1) is 0 Å². The number of hydrogen-bond acceptors (Lipinski definition) is 4. The van der Waals surface area contributed by atoms with Crippen molar-refractivity contribution < 1.29 is 9.47 Å². The van der Waals surface area contributed by atoms with E-state index in [9.17, 15) is 4.53 Å². The van der Waals surface area contributed by atoms with Gasteiger partial charge in [-0.1, -0.05) is 24.3 Å². The Bertz CT molecular complexity index is 601. The molecule has 1 aromatic carbocycles. The number of halogens is 1. The number of benzene rings is 1. The van der Waals surface area contributed by atoms with Crippen molar-refractivity contribution in [1.29, 1.82) is 0 Å². The lowest BCUT2D eigenvalue weighted by molar-refractivity contribution is -0.0129. The minimum Gasteiger partial charge on any atom is -0.368 e. The molecule has 1 aliphatic rings. The van der Waals surface area contributed by atoms with E-state index in [2.05, 4.69) is 21.0 Å². The van der Waals surface area contributed by atoms with E-state index in [4.69, 9.17) is 5.73 Å². The standard InChI is InChI=1S/C13H12FN3O/c14-18-12-10-7-3-5-8-4-1-2-6-9(8)11(10)16-13(15)17-12/h1-2,4,6H,3,5,7H2,(H2,15,16,17). The molecule has 2 aromatic rings. The van der Waals surface area contributed by atoms with Crippen molar-refractivity contribution in [2.75, 3.05) is 5.73 Å². The summed E-state index contributed by atoms with van der Waals surface area (Å²) < 4.78 is 12.6. The second kappa shape index (κ2) is 4.25. The summed E-state index contributed by atoms with van der Waals surface area (Å²) in [5.41, 5.74) is 9.15. The van der Waals surface area contributed by atoms with E-state index in [0.717, 1.165) is 18.4 Å². The van der Waals surface area contributed by atoms with Gasteiger partial charge in [0.2, 0.25) is 5.95 Å². The van der Waals surface area contributed by atoms with Crippen molar-refractivity contribution in [2.45, 2.75) is 19.3 Å². The number of aryl methyl sites for hydroxylation is 1. The molecule has 0 bridgehead atoms. The molecule has 1 aromatic heterocycles. The Morgan fingerprint density at radius 2 is 2.00 bits per heavy atom. The Balaban J connectivity index is 2.29. The maximum absolute atomic E-state index is 12.6. The average molecular weight is 245 g/mol. The number of anilines is 1. The zero-order valence-corrected chi connectivity index (χ0v) is 9.69. The van der Waals surface area contributed by atoms with E-state index in [1.165, 1.54) is 5.56 Å². The van der Waals surface area contributed by atoms with E-state index in [1.807, 2.05) is 18.2 Å². The van der Waals surface area contributed by atoms with Crippen LogP contribution in [0, 0.1) is 0 Å². The highest BCUT2D eigenvalue weighted by atomic mass is 19.3. The number of aromatic nitrogens is 2. The summed E-state index contributed by atoms with van der Waals surface area (Å²) in [4.78, 5) is 11.9. The van der Waals surface area contributed by atoms with Gasteiger partial charge in [-0.25, -0.2) is 4.98 Å². The van der Waals surface area contributed by atoms with Gasteiger partial charge in [0.15, 0.2) is 0 Å². The van der Waals surface area contributed by atoms with Crippen molar-refractivity contribution in [3.63, 3.8) is 0 Å². The topological polar surface area (TPSA) is 61.0 Å². The highest BCUT2D eigenvalue weighted by Gasteiger charge is 2.21. The molecule has 5 heteroatoms. The van der Waals surface area contributed by atoms with Crippen LogP contribution in [0.1, 0.15) is 17.5 Å². The molecule has 2 N–H and O–H groups in total. The van der Waals surface area contributed by atoms with Gasteiger partial charge < -0.3 is 5.73 Å². The molecule has 18 heavy (non-hydrogen) atoms. The first-order valence-electron chi connectivity index (χ1n) is 5.83. The normalized spacial score (nSPS) is 13.4. The molecule has 0 saturated heterocycles. The van der Waals surface area contributed by atoms with Crippen molar-refractivity contribution in [3.05, 3.63) is 35.4 Å². The summed E-state index contributed by atoms with van der Waals surface area (Å²) in [7, 11) is 0. The van der Waals surface area contributed by atoms with Crippen molar-refractivity contribution >= 4 is 5.95 Å². The smallest absolute Gasteiger partial charge is 0.271 e. The van der Waals surface area contributed by atoms with Gasteiger partial charge in [0, 0.05) is 15.7 Å². The molecular formula is C13H12FN3O. The predicted molar refractivity (Wildman–Crippen MR) is 65.6 cm³/mol. The third-order valence-corrected chi connectivity index (χ3v) is 3.20. The van der Waals surface area contributed by atoms with Crippen LogP contribution in [0.5, 0.6) is 5.88 Å². The molecule has 1 aliphatic carbocycles. The number of hydrogen-bond donors (Lipinski definition) is 1. The molecule has 0 unspecified atom stereocenters. The first kappa shape index (κ1) is 11.0. The number of fused-ring (bicyclic) bond motifs is 3. The van der Waals surface area contributed by atoms with Gasteiger partial charge in [-0.3, -0.25) is 4.94 Å². The summed E-state index contributed by atoms with van der Waals surface area (Å²) >= 11 is 0. The van der Waals surface area contributed by atoms with E-state index in [1.54, 1.807) is 0 Å². The number of rotatable bonds is 1. The molecule has 0 aliphatic heterocycles. The fourth-order valence-corrected chi connectivity index (χ4v) is 2.42. The van der Waals surface area contributed by atoms with Crippen LogP contribution in [-0.2, 0) is 12.8 Å². The highest BCUT2D eigenvalue weighted by molar-refractivity contribution is 5.70. The lowest BCUT2D eigenvalue weighted by Crippen LogP contribution is -2.03. The largest absolute Gasteiger partial charge is 0.368 e. The van der Waals surface area contributed by atoms with Gasteiger partial charge in [-0.2, -0.15) is 4.98 Å². The quantitative estimate of drug-likeness (QED) is 0.838. The van der Waals surface area contributed by atoms with Crippen LogP contribution in [0.15, 0.2) is 24.3 Å². The van der Waals surface area contributed by atoms with Crippen LogP contribution < -0.4 is 10.7 Å². The molecule has 0 saturated carbocycles. The van der Waals surface area contributed by atoms with Gasteiger partial charge in [0.1, 0.15) is 0 Å². The summed E-state index contributed by atoms with van der Waals surface area (Å²) in [5.74, 6) is -0.0349. The van der Waals surface area contributed by atoms with Crippen LogP contribution in [0.4, 0.5) is 10.5 Å². The lowest BCUT2D eigenvalue weighted by Gasteiger charge is -2.09. The summed E-state index contributed by atoms with van der Waals surface area (Å²) in [6.07, 6.45) is 2.52. The lowest BCUT2D eigenvalue weighted by atomic mass is 10.0. The van der Waals surface area contributed by atoms with Crippen LogP contribution in [0.3, 0.4) is 0 Å². The summed E-state index contributed by atoms with van der Waals surface area (Å²) in [6.45, 7) is 0. The molecule has 0 radical (unpaired) electrons. The van der Waals surface area contributed by atoms with E-state index in [-0.39, 0.29) is 11.8 Å². The fraction of sp³-hybridized carbons (Fsp3) is 0.231. The molecular weight excluding hydrogens is 233 g/mol. The molecule has 0 fully saturated rings. The van der Waals surface area contributed by atoms with Crippen molar-refractivity contribution in [1.82, 2.24) is 9.97 Å². The number of nitrogens with two attached hydrogens (primary N) is 1. The van der Waals surface area contributed by atoms with Crippen LogP contribution in [0.25, 0.3) is 11.3 Å². The zero-order chi connectivity index (χ0) is 12.5. The fourth-order valence-electron chi connectivity index (χ4n) is 2.42. The Morgan fingerprint density at radius 1 is 1.17 bits per heavy atom. The minimum absolute atomic E-state index is 0.0260. The molecule has 4 nitrogen and oxygen atoms in total. The molecule has 0 amide bonds. The number of nitrogen functional groups attached to an aromatic ring is 1. The SMILES string of the molecule is Nc1nc(OF)c2c(n1)-c1ccccc1CCC2. The third-order valence-electron chi connectivity index (χ3n) is 3.20. The van der Waals surface area contributed by atoms with Gasteiger partial charge in [0.25, 0.3) is 5.88 Å². The molecule has 92 valence electrons. The van der Waals surface area contributed by atoms with Crippen molar-refractivity contribution in [2.24, 2.45) is 0 Å². The van der Waals surface area contributed by atoms with E-state index < -0.39 is 0 Å². The molecule has 1 heterocycles. The van der Waals surface area contributed by atoms with E-state index in [0.29, 0.717) is 17.7 Å². The van der Waals surface area contributed by atoms with Gasteiger partial charge >= 0.3 is 0 Å². The molecule has 0 spiro atoms. The minimum atomic E-state index is -0.0609. The number of nitrogens with zero attached hydrogens (tertiary/aromatic N) is 2. The zero-order valence-electron chi connectivity index (χ0n) is 9.69. The third kappa shape index (κ3) is 1.68. The van der Waals surface area contributed by atoms with Crippen LogP contribution in [0.2, 0.25) is 0 Å². The Hall–Kier alpha value is -2.17. The van der Waals surface area contributed by atoms with Crippen LogP contribution in [-0.4, -0.2) is 9.97 Å². The Labute approximate surface area is 104 Å². The first-order chi connectivity index (χ1) is 8.79. The maximum Gasteiger partial charge on any atom is 0.271 e. The summed E-state index contributed by atoms with van der Waals surface area (Å²) in [5, 5.41) is 0. The summed E-state index contributed by atoms with van der Waals surface area (Å²) in [6, 6.07) is 7.94. The molecule has 0 atom stereocenters. The highest BCUT2D eigenvalue weighted by Crippen LogP contribution is 2.35.